The molecule has 0 fully saturated rings. The lowest BCUT2D eigenvalue weighted by Gasteiger charge is -2.10. The molecular formula is C13H16N4O2S. The highest BCUT2D eigenvalue weighted by molar-refractivity contribution is 7.89. The lowest BCUT2D eigenvalue weighted by Crippen LogP contribution is -2.25. The van der Waals surface area contributed by atoms with Gasteiger partial charge in [0.25, 0.3) is 0 Å². The number of nitrogens with two attached hydrogens (primary N) is 1. The van der Waals surface area contributed by atoms with E-state index in [9.17, 15) is 8.42 Å². The van der Waals surface area contributed by atoms with Crippen molar-refractivity contribution in [3.63, 3.8) is 0 Å². The molecule has 0 aliphatic heterocycles. The van der Waals surface area contributed by atoms with E-state index in [1.807, 2.05) is 13.0 Å². The third kappa shape index (κ3) is 3.19. The molecule has 7 heteroatoms. The Hall–Kier alpha value is -1.83. The third-order valence-electron chi connectivity index (χ3n) is 2.93. The second-order valence-electron chi connectivity index (χ2n) is 4.28. The van der Waals surface area contributed by atoms with Gasteiger partial charge >= 0.3 is 0 Å². The molecule has 0 bridgehead atoms. The van der Waals surface area contributed by atoms with E-state index in [4.69, 9.17) is 5.73 Å². The van der Waals surface area contributed by atoms with Gasteiger partial charge in [0.2, 0.25) is 10.0 Å². The molecule has 2 heterocycles. The summed E-state index contributed by atoms with van der Waals surface area (Å²) in [6.45, 7) is 2.16. The first-order valence-electron chi connectivity index (χ1n) is 6.07. The molecule has 0 spiro atoms. The highest BCUT2D eigenvalue weighted by Gasteiger charge is 2.18. The summed E-state index contributed by atoms with van der Waals surface area (Å²) in [5.41, 5.74) is 7.67. The molecule has 106 valence electrons. The number of aromatic nitrogens is 2. The van der Waals surface area contributed by atoms with Crippen LogP contribution in [0.25, 0.3) is 0 Å². The van der Waals surface area contributed by atoms with Crippen molar-refractivity contribution in [2.75, 3.05) is 0 Å². The fourth-order valence-corrected chi connectivity index (χ4v) is 2.96. The first-order chi connectivity index (χ1) is 9.54. The van der Waals surface area contributed by atoms with Crippen molar-refractivity contribution in [2.45, 2.75) is 24.9 Å². The van der Waals surface area contributed by atoms with Crippen LogP contribution in [0.1, 0.15) is 16.8 Å². The molecule has 0 unspecified atom stereocenters. The van der Waals surface area contributed by atoms with Gasteiger partial charge in [-0.05, 0) is 36.2 Å². The number of nitrogens with one attached hydrogen (secondary N) is 1. The van der Waals surface area contributed by atoms with Crippen molar-refractivity contribution >= 4 is 10.0 Å². The molecule has 3 N–H and O–H groups in total. The summed E-state index contributed by atoms with van der Waals surface area (Å²) < 4.78 is 27.1. The van der Waals surface area contributed by atoms with Crippen molar-refractivity contribution < 1.29 is 8.42 Å². The van der Waals surface area contributed by atoms with Crippen molar-refractivity contribution in [2.24, 2.45) is 5.73 Å². The molecule has 0 atom stereocenters. The van der Waals surface area contributed by atoms with Gasteiger partial charge in [0.05, 0.1) is 5.69 Å². The average Bonchev–Trinajstić information content (AvgIpc) is 2.46. The van der Waals surface area contributed by atoms with Gasteiger partial charge in [0.1, 0.15) is 4.90 Å². The van der Waals surface area contributed by atoms with Gasteiger partial charge in [-0.2, -0.15) is 0 Å². The summed E-state index contributed by atoms with van der Waals surface area (Å²) in [5, 5.41) is 0. The molecule has 0 saturated heterocycles. The Kier molecular flexibility index (Phi) is 4.43. The number of hydrogen-bond donors (Lipinski definition) is 2. The van der Waals surface area contributed by atoms with E-state index < -0.39 is 10.0 Å². The maximum atomic E-state index is 12.3. The maximum Gasteiger partial charge on any atom is 0.242 e. The summed E-state index contributed by atoms with van der Waals surface area (Å²) in [6, 6.07) is 4.90. The van der Waals surface area contributed by atoms with E-state index in [-0.39, 0.29) is 18.0 Å². The van der Waals surface area contributed by atoms with Gasteiger partial charge < -0.3 is 5.73 Å². The smallest absolute Gasteiger partial charge is 0.242 e. The standard InChI is InChI=1S/C13H16N4O2S/c1-10-4-6-15-8-11(10)9-17-20(18,19)13-3-2-5-16-12(13)7-14/h2-6,8,17H,7,9,14H2,1H3. The zero-order valence-electron chi connectivity index (χ0n) is 11.1. The fourth-order valence-electron chi connectivity index (χ4n) is 1.75. The van der Waals surface area contributed by atoms with E-state index in [0.717, 1.165) is 11.1 Å². The molecular weight excluding hydrogens is 276 g/mol. The number of aryl methyl sites for hydroxylation is 1. The Balaban J connectivity index is 2.22. The number of sulfonamides is 1. The monoisotopic (exact) mass is 292 g/mol. The van der Waals surface area contributed by atoms with Crippen molar-refractivity contribution in [3.05, 3.63) is 53.6 Å². The first kappa shape index (κ1) is 14.6. The second-order valence-corrected chi connectivity index (χ2v) is 6.01. The summed E-state index contributed by atoms with van der Waals surface area (Å²) in [7, 11) is -3.64. The van der Waals surface area contributed by atoms with Crippen molar-refractivity contribution in [3.8, 4) is 0 Å². The fraction of sp³-hybridized carbons (Fsp3) is 0.231. The van der Waals surface area contributed by atoms with Crippen LogP contribution in [0.3, 0.4) is 0 Å². The van der Waals surface area contributed by atoms with Gasteiger partial charge in [-0.3, -0.25) is 9.97 Å². The molecule has 20 heavy (non-hydrogen) atoms. The number of nitrogens with zero attached hydrogens (tertiary/aromatic N) is 2. The summed E-state index contributed by atoms with van der Waals surface area (Å²) in [5.74, 6) is 0. The van der Waals surface area contributed by atoms with E-state index in [2.05, 4.69) is 14.7 Å². The lowest BCUT2D eigenvalue weighted by molar-refractivity contribution is 0.579. The first-order valence-corrected chi connectivity index (χ1v) is 7.56. The Labute approximate surface area is 118 Å². The van der Waals surface area contributed by atoms with E-state index in [1.165, 1.54) is 12.3 Å². The third-order valence-corrected chi connectivity index (χ3v) is 4.41. The molecule has 0 amide bonds. The predicted molar refractivity (Wildman–Crippen MR) is 75.1 cm³/mol. The van der Waals surface area contributed by atoms with Crippen LogP contribution in [0.5, 0.6) is 0 Å². The highest BCUT2D eigenvalue weighted by atomic mass is 32.2. The lowest BCUT2D eigenvalue weighted by atomic mass is 10.2. The Morgan fingerprint density at radius 3 is 2.80 bits per heavy atom. The molecule has 0 aliphatic carbocycles. The minimum absolute atomic E-state index is 0.0724. The zero-order valence-corrected chi connectivity index (χ0v) is 11.9. The number of hydrogen-bond acceptors (Lipinski definition) is 5. The van der Waals surface area contributed by atoms with Gasteiger partial charge in [0.15, 0.2) is 0 Å². The topological polar surface area (TPSA) is 98.0 Å². The minimum Gasteiger partial charge on any atom is -0.325 e. The van der Waals surface area contributed by atoms with Crippen LogP contribution in [0.2, 0.25) is 0 Å². The largest absolute Gasteiger partial charge is 0.325 e. The SMILES string of the molecule is Cc1ccncc1CNS(=O)(=O)c1cccnc1CN. The summed E-state index contributed by atoms with van der Waals surface area (Å²) in [4.78, 5) is 8.08. The maximum absolute atomic E-state index is 12.3. The molecule has 0 saturated carbocycles. The average molecular weight is 292 g/mol. The van der Waals surface area contributed by atoms with Crippen LogP contribution in [-0.2, 0) is 23.1 Å². The van der Waals surface area contributed by atoms with Crippen LogP contribution in [-0.4, -0.2) is 18.4 Å². The van der Waals surface area contributed by atoms with E-state index in [0.29, 0.717) is 5.69 Å². The molecule has 0 aliphatic rings. The molecule has 0 aromatic carbocycles. The van der Waals surface area contributed by atoms with E-state index in [1.54, 1.807) is 18.5 Å². The Bertz CT molecular complexity index is 701. The predicted octanol–water partition coefficient (Wildman–Crippen LogP) is 0.722. The minimum atomic E-state index is -3.64. The second kappa shape index (κ2) is 6.08. The molecule has 6 nitrogen and oxygen atoms in total. The Morgan fingerprint density at radius 1 is 1.30 bits per heavy atom. The van der Waals surface area contributed by atoms with Gasteiger partial charge in [0, 0.05) is 31.7 Å². The highest BCUT2D eigenvalue weighted by Crippen LogP contribution is 2.13. The van der Waals surface area contributed by atoms with Gasteiger partial charge in [-0.15, -0.1) is 0 Å². The van der Waals surface area contributed by atoms with Crippen LogP contribution >= 0.6 is 0 Å². The molecule has 2 aromatic rings. The quantitative estimate of drug-likeness (QED) is 0.846. The van der Waals surface area contributed by atoms with Crippen LogP contribution < -0.4 is 10.5 Å². The van der Waals surface area contributed by atoms with Crippen LogP contribution in [0.15, 0.2) is 41.7 Å². The zero-order chi connectivity index (χ0) is 14.6. The van der Waals surface area contributed by atoms with Gasteiger partial charge in [-0.25, -0.2) is 13.1 Å². The number of rotatable bonds is 5. The van der Waals surface area contributed by atoms with Crippen LogP contribution in [0.4, 0.5) is 0 Å². The summed E-state index contributed by atoms with van der Waals surface area (Å²) in [6.07, 6.45) is 4.83. The van der Waals surface area contributed by atoms with Crippen molar-refractivity contribution in [1.29, 1.82) is 0 Å². The summed E-state index contributed by atoms with van der Waals surface area (Å²) >= 11 is 0. The molecule has 2 aromatic heterocycles. The van der Waals surface area contributed by atoms with Gasteiger partial charge in [-0.1, -0.05) is 0 Å². The molecule has 2 rings (SSSR count). The normalized spacial score (nSPS) is 11.5. The Morgan fingerprint density at radius 2 is 2.10 bits per heavy atom. The number of pyridine rings is 2. The van der Waals surface area contributed by atoms with Crippen molar-refractivity contribution in [1.82, 2.24) is 14.7 Å². The molecule has 0 radical (unpaired) electrons. The van der Waals surface area contributed by atoms with Crippen LogP contribution in [0, 0.1) is 6.92 Å². The van der Waals surface area contributed by atoms with E-state index >= 15 is 0 Å².